The highest BCUT2D eigenvalue weighted by molar-refractivity contribution is 5.77. The molecule has 7 heteroatoms. The van der Waals surface area contributed by atoms with E-state index >= 15 is 0 Å². The van der Waals surface area contributed by atoms with E-state index in [1.54, 1.807) is 17.9 Å². The van der Waals surface area contributed by atoms with Crippen LogP contribution in [0.15, 0.2) is 25.9 Å². The number of carbonyl (C=O) groups excluding carboxylic acids is 1. The van der Waals surface area contributed by atoms with Gasteiger partial charge in [-0.1, -0.05) is 5.16 Å². The first-order chi connectivity index (χ1) is 11.4. The zero-order valence-electron chi connectivity index (χ0n) is 14.0. The molecule has 0 unspecified atom stereocenters. The summed E-state index contributed by atoms with van der Waals surface area (Å²) in [5, 5.41) is 3.89. The van der Waals surface area contributed by atoms with Crippen molar-refractivity contribution in [2.24, 2.45) is 0 Å². The van der Waals surface area contributed by atoms with Crippen molar-refractivity contribution in [1.29, 1.82) is 0 Å². The van der Waals surface area contributed by atoms with Crippen molar-refractivity contribution in [1.82, 2.24) is 10.1 Å². The predicted octanol–water partition coefficient (Wildman–Crippen LogP) is 1.78. The monoisotopic (exact) mass is 332 g/mol. The minimum Gasteiger partial charge on any atom is -0.486 e. The number of nitrogens with zero attached hydrogens (tertiary/aromatic N) is 2. The van der Waals surface area contributed by atoms with Gasteiger partial charge in [0.25, 0.3) is 0 Å². The highest BCUT2D eigenvalue weighted by atomic mass is 16.5. The molecule has 1 amide bonds. The summed E-state index contributed by atoms with van der Waals surface area (Å²) in [5.74, 6) is 1.84. The van der Waals surface area contributed by atoms with E-state index in [0.29, 0.717) is 37.4 Å². The average Bonchev–Trinajstić information content (AvgIpc) is 2.78. The normalized spacial score (nSPS) is 14.5. The van der Waals surface area contributed by atoms with Crippen LogP contribution in [0, 0.1) is 20.8 Å². The van der Waals surface area contributed by atoms with E-state index in [1.165, 1.54) is 6.07 Å². The molecule has 0 aliphatic carbocycles. The molecule has 128 valence electrons. The molecule has 2 aromatic heterocycles. The molecule has 0 spiro atoms. The third kappa shape index (κ3) is 3.50. The van der Waals surface area contributed by atoms with E-state index < -0.39 is 5.63 Å². The van der Waals surface area contributed by atoms with Crippen molar-refractivity contribution in [3.8, 4) is 5.75 Å². The van der Waals surface area contributed by atoms with Crippen LogP contribution >= 0.6 is 0 Å². The fourth-order valence-corrected chi connectivity index (χ4v) is 2.80. The Kier molecular flexibility index (Phi) is 4.42. The van der Waals surface area contributed by atoms with Crippen LogP contribution in [-0.2, 0) is 11.2 Å². The molecule has 0 saturated carbocycles. The number of ether oxygens (including phenoxy) is 1. The molecule has 3 rings (SSSR count). The quantitative estimate of drug-likeness (QED) is 0.829. The average molecular weight is 332 g/mol. The van der Waals surface area contributed by atoms with E-state index in [0.717, 1.165) is 17.0 Å². The highest BCUT2D eigenvalue weighted by Gasteiger charge is 2.32. The van der Waals surface area contributed by atoms with Crippen molar-refractivity contribution < 1.29 is 18.5 Å². The Bertz CT molecular complexity index is 782. The van der Waals surface area contributed by atoms with Gasteiger partial charge in [0.05, 0.1) is 24.8 Å². The largest absolute Gasteiger partial charge is 0.486 e. The summed E-state index contributed by atoms with van der Waals surface area (Å²) in [6, 6.07) is 2.98. The van der Waals surface area contributed by atoms with Crippen LogP contribution in [0.5, 0.6) is 5.75 Å². The van der Waals surface area contributed by atoms with Gasteiger partial charge in [0.15, 0.2) is 0 Å². The lowest BCUT2D eigenvalue weighted by atomic mass is 10.1. The van der Waals surface area contributed by atoms with Crippen LogP contribution in [-0.4, -0.2) is 35.2 Å². The predicted molar refractivity (Wildman–Crippen MR) is 85.0 cm³/mol. The zero-order valence-corrected chi connectivity index (χ0v) is 14.0. The molecule has 0 N–H and O–H groups in total. The second-order valence-electron chi connectivity index (χ2n) is 6.06. The van der Waals surface area contributed by atoms with E-state index in [1.807, 2.05) is 13.8 Å². The van der Waals surface area contributed by atoms with Crippen molar-refractivity contribution in [3.63, 3.8) is 0 Å². The fraction of sp³-hybridized carbons (Fsp3) is 0.471. The molecule has 7 nitrogen and oxygen atoms in total. The molecular formula is C17H20N2O5. The van der Waals surface area contributed by atoms with Gasteiger partial charge in [-0.25, -0.2) is 4.79 Å². The molecular weight excluding hydrogens is 312 g/mol. The van der Waals surface area contributed by atoms with Gasteiger partial charge < -0.3 is 18.6 Å². The Labute approximate surface area is 139 Å². The number of hydrogen-bond donors (Lipinski definition) is 0. The lowest BCUT2D eigenvalue weighted by molar-refractivity contribution is -0.139. The molecule has 0 radical (unpaired) electrons. The molecule has 0 aromatic carbocycles. The van der Waals surface area contributed by atoms with Gasteiger partial charge in [-0.05, 0) is 27.2 Å². The van der Waals surface area contributed by atoms with Crippen LogP contribution in [0.2, 0.25) is 0 Å². The van der Waals surface area contributed by atoms with Gasteiger partial charge in [0, 0.05) is 18.1 Å². The van der Waals surface area contributed by atoms with Crippen molar-refractivity contribution in [3.05, 3.63) is 45.3 Å². The smallest absolute Gasteiger partial charge is 0.339 e. The topological polar surface area (TPSA) is 85.8 Å². The Morgan fingerprint density at radius 1 is 1.33 bits per heavy atom. The number of rotatable bonds is 5. The van der Waals surface area contributed by atoms with Gasteiger partial charge in [-0.15, -0.1) is 0 Å². The van der Waals surface area contributed by atoms with E-state index in [2.05, 4.69) is 5.16 Å². The first-order valence-corrected chi connectivity index (χ1v) is 7.90. The summed E-state index contributed by atoms with van der Waals surface area (Å²) in [5.41, 5.74) is 1.41. The molecule has 1 aliphatic heterocycles. The number of aryl methyl sites for hydroxylation is 3. The summed E-state index contributed by atoms with van der Waals surface area (Å²) in [4.78, 5) is 25.3. The maximum Gasteiger partial charge on any atom is 0.339 e. The van der Waals surface area contributed by atoms with Gasteiger partial charge in [-0.3, -0.25) is 4.79 Å². The van der Waals surface area contributed by atoms with Crippen molar-refractivity contribution in [2.45, 2.75) is 39.7 Å². The van der Waals surface area contributed by atoms with Crippen molar-refractivity contribution >= 4 is 5.91 Å². The Morgan fingerprint density at radius 3 is 2.71 bits per heavy atom. The summed E-state index contributed by atoms with van der Waals surface area (Å²) >= 11 is 0. The van der Waals surface area contributed by atoms with Gasteiger partial charge in [0.1, 0.15) is 23.4 Å². The van der Waals surface area contributed by atoms with Crippen LogP contribution < -0.4 is 10.4 Å². The molecule has 3 heterocycles. The summed E-state index contributed by atoms with van der Waals surface area (Å²) in [7, 11) is 0. The van der Waals surface area contributed by atoms with Gasteiger partial charge in [-0.2, -0.15) is 0 Å². The zero-order chi connectivity index (χ0) is 17.3. The molecule has 2 aromatic rings. The van der Waals surface area contributed by atoms with Gasteiger partial charge in [0.2, 0.25) is 5.91 Å². The van der Waals surface area contributed by atoms with E-state index in [4.69, 9.17) is 13.7 Å². The molecule has 0 bridgehead atoms. The first-order valence-electron chi connectivity index (χ1n) is 7.90. The summed E-state index contributed by atoms with van der Waals surface area (Å²) in [6.07, 6.45) is 0.958. The van der Waals surface area contributed by atoms with Crippen LogP contribution in [0.3, 0.4) is 0 Å². The minimum atomic E-state index is -0.434. The number of likely N-dealkylation sites (tertiary alicyclic amines) is 1. The fourth-order valence-electron chi connectivity index (χ4n) is 2.80. The SMILES string of the molecule is Cc1cc(OC2CN(C(=O)CCc3c(C)noc3C)C2)cc(=O)o1. The van der Waals surface area contributed by atoms with E-state index in [9.17, 15) is 9.59 Å². The molecule has 0 atom stereocenters. The molecule has 24 heavy (non-hydrogen) atoms. The summed E-state index contributed by atoms with van der Waals surface area (Å²) < 4.78 is 15.7. The van der Waals surface area contributed by atoms with Gasteiger partial charge >= 0.3 is 5.63 Å². The Morgan fingerprint density at radius 2 is 2.08 bits per heavy atom. The lowest BCUT2D eigenvalue weighted by Gasteiger charge is -2.39. The molecule has 1 saturated heterocycles. The standard InChI is InChI=1S/C17H20N2O5/c1-10-6-13(7-17(21)22-10)23-14-8-19(9-14)16(20)5-4-15-11(2)18-24-12(15)3/h6-7,14H,4-5,8-9H2,1-3H3. The number of hydrogen-bond acceptors (Lipinski definition) is 6. The second-order valence-corrected chi connectivity index (χ2v) is 6.06. The Balaban J connectivity index is 1.47. The minimum absolute atomic E-state index is 0.0820. The number of carbonyl (C=O) groups is 1. The van der Waals surface area contributed by atoms with Crippen molar-refractivity contribution in [2.75, 3.05) is 13.1 Å². The van der Waals surface area contributed by atoms with Crippen LogP contribution in [0.1, 0.15) is 29.2 Å². The molecule has 1 fully saturated rings. The molecule has 1 aliphatic rings. The second kappa shape index (κ2) is 6.51. The highest BCUT2D eigenvalue weighted by Crippen LogP contribution is 2.20. The number of amides is 1. The summed E-state index contributed by atoms with van der Waals surface area (Å²) in [6.45, 7) is 6.48. The first kappa shape index (κ1) is 16.3. The maximum atomic E-state index is 12.2. The number of aromatic nitrogens is 1. The van der Waals surface area contributed by atoms with E-state index in [-0.39, 0.29) is 12.0 Å². The third-order valence-corrected chi connectivity index (χ3v) is 4.14. The lowest BCUT2D eigenvalue weighted by Crippen LogP contribution is -2.56. The third-order valence-electron chi connectivity index (χ3n) is 4.14. The van der Waals surface area contributed by atoms with Crippen LogP contribution in [0.25, 0.3) is 0 Å². The Hall–Kier alpha value is -2.57. The van der Waals surface area contributed by atoms with Crippen LogP contribution in [0.4, 0.5) is 0 Å². The maximum absolute atomic E-state index is 12.2.